The Labute approximate surface area is 160 Å². The van der Waals surface area contributed by atoms with Crippen LogP contribution in [0.4, 0.5) is 10.3 Å². The Kier molecular flexibility index (Phi) is 5.01. The number of para-hydroxylation sites is 1. The molecule has 1 aliphatic rings. The first-order chi connectivity index (χ1) is 13.6. The quantitative estimate of drug-likeness (QED) is 0.745. The van der Waals surface area contributed by atoms with Crippen LogP contribution in [-0.4, -0.2) is 35.5 Å². The fraction of sp³-hybridized carbons (Fsp3) is 0.300. The highest BCUT2D eigenvalue weighted by Gasteiger charge is 2.22. The largest absolute Gasteiger partial charge is 0.451 e. The molecule has 28 heavy (non-hydrogen) atoms. The number of carbonyl (C=O) groups excluding carboxylic acids is 1. The van der Waals surface area contributed by atoms with E-state index in [2.05, 4.69) is 15.3 Å². The zero-order chi connectivity index (χ0) is 19.5. The zero-order valence-corrected chi connectivity index (χ0v) is 15.1. The van der Waals surface area contributed by atoms with Crippen LogP contribution in [0.5, 0.6) is 0 Å². The zero-order valence-electron chi connectivity index (χ0n) is 15.1. The van der Waals surface area contributed by atoms with E-state index in [1.54, 1.807) is 24.3 Å². The second-order valence-electron chi connectivity index (χ2n) is 6.81. The van der Waals surface area contributed by atoms with Gasteiger partial charge in [-0.25, -0.2) is 14.4 Å². The Morgan fingerprint density at radius 1 is 1.21 bits per heavy atom. The van der Waals surface area contributed by atoms with Crippen molar-refractivity contribution in [2.75, 3.05) is 24.5 Å². The molecule has 3 heterocycles. The first kappa shape index (κ1) is 18.1. The molecule has 2 aromatic heterocycles. The van der Waals surface area contributed by atoms with Crippen LogP contribution >= 0.6 is 0 Å². The molecule has 3 aromatic rings. The molecular weight excluding hydrogens is 363 g/mol. The number of aromatic nitrogens is 2. The molecule has 0 bridgehead atoms. The molecule has 1 saturated heterocycles. The van der Waals surface area contributed by atoms with Crippen LogP contribution in [0.15, 0.2) is 51.9 Å². The number of benzene rings is 1. The standard InChI is InChI=1S/C20H19FN4O3/c21-14-11-23-20(24-12-14)25-7-5-13(6-8-25)10-22-19(27)18-9-16(26)15-3-1-2-4-17(15)28-18/h1-4,9,11-13H,5-8,10H2,(H,22,27). The highest BCUT2D eigenvalue weighted by molar-refractivity contribution is 5.93. The third-order valence-corrected chi connectivity index (χ3v) is 4.91. The van der Waals surface area contributed by atoms with E-state index in [1.165, 1.54) is 6.07 Å². The van der Waals surface area contributed by atoms with Crippen LogP contribution in [-0.2, 0) is 0 Å². The first-order valence-electron chi connectivity index (χ1n) is 9.14. The summed E-state index contributed by atoms with van der Waals surface area (Å²) in [4.78, 5) is 34.5. The number of carbonyl (C=O) groups is 1. The highest BCUT2D eigenvalue weighted by Crippen LogP contribution is 2.20. The number of halogens is 1. The number of anilines is 1. The predicted molar refractivity (Wildman–Crippen MR) is 102 cm³/mol. The minimum absolute atomic E-state index is 0.0147. The minimum Gasteiger partial charge on any atom is -0.451 e. The Balaban J connectivity index is 1.33. The van der Waals surface area contributed by atoms with Crippen molar-refractivity contribution in [3.8, 4) is 0 Å². The summed E-state index contributed by atoms with van der Waals surface area (Å²) in [5, 5.41) is 3.30. The molecular formula is C20H19FN4O3. The van der Waals surface area contributed by atoms with E-state index in [4.69, 9.17) is 4.42 Å². The Morgan fingerprint density at radius 3 is 2.68 bits per heavy atom. The lowest BCUT2D eigenvalue weighted by Gasteiger charge is -2.31. The summed E-state index contributed by atoms with van der Waals surface area (Å²) in [6, 6.07) is 8.07. The van der Waals surface area contributed by atoms with Gasteiger partial charge in [0.15, 0.2) is 17.0 Å². The maximum absolute atomic E-state index is 12.9. The van der Waals surface area contributed by atoms with Crippen LogP contribution in [0.1, 0.15) is 23.4 Å². The van der Waals surface area contributed by atoms with E-state index in [9.17, 15) is 14.0 Å². The fourth-order valence-corrected chi connectivity index (χ4v) is 3.35. The third kappa shape index (κ3) is 3.85. The van der Waals surface area contributed by atoms with Gasteiger partial charge in [0.1, 0.15) is 5.58 Å². The van der Waals surface area contributed by atoms with E-state index in [-0.39, 0.29) is 11.2 Å². The van der Waals surface area contributed by atoms with Crippen LogP contribution < -0.4 is 15.6 Å². The molecule has 0 saturated carbocycles. The summed E-state index contributed by atoms with van der Waals surface area (Å²) in [5.41, 5.74) is 0.160. The SMILES string of the molecule is O=C(NCC1CCN(c2ncc(F)cn2)CC1)c1cc(=O)c2ccccc2o1. The van der Waals surface area contributed by atoms with E-state index in [0.29, 0.717) is 29.4 Å². The normalized spacial score (nSPS) is 15.0. The van der Waals surface area contributed by atoms with Gasteiger partial charge in [0.25, 0.3) is 5.91 Å². The number of piperidine rings is 1. The lowest BCUT2D eigenvalue weighted by atomic mass is 9.97. The Morgan fingerprint density at radius 2 is 1.93 bits per heavy atom. The van der Waals surface area contributed by atoms with Gasteiger partial charge in [0, 0.05) is 25.7 Å². The summed E-state index contributed by atoms with van der Waals surface area (Å²) in [5.74, 6) is -0.0238. The highest BCUT2D eigenvalue weighted by atomic mass is 19.1. The Bertz CT molecular complexity index is 1040. The van der Waals surface area contributed by atoms with Gasteiger partial charge >= 0.3 is 0 Å². The van der Waals surface area contributed by atoms with Crippen molar-refractivity contribution < 1.29 is 13.6 Å². The number of fused-ring (bicyclic) bond motifs is 1. The summed E-state index contributed by atoms with van der Waals surface area (Å²) >= 11 is 0. The smallest absolute Gasteiger partial charge is 0.287 e. The summed E-state index contributed by atoms with van der Waals surface area (Å²) in [6.45, 7) is 1.96. The van der Waals surface area contributed by atoms with Crippen molar-refractivity contribution >= 4 is 22.8 Å². The number of amides is 1. The lowest BCUT2D eigenvalue weighted by molar-refractivity contribution is 0.0917. The molecule has 4 rings (SSSR count). The topological polar surface area (TPSA) is 88.3 Å². The molecule has 144 valence electrons. The number of hydrogen-bond acceptors (Lipinski definition) is 6. The average molecular weight is 382 g/mol. The summed E-state index contributed by atoms with van der Waals surface area (Å²) < 4.78 is 18.5. The van der Waals surface area contributed by atoms with Crippen molar-refractivity contribution in [1.82, 2.24) is 15.3 Å². The van der Waals surface area contributed by atoms with Gasteiger partial charge < -0.3 is 14.6 Å². The molecule has 0 aliphatic carbocycles. The van der Waals surface area contributed by atoms with Gasteiger partial charge in [-0.05, 0) is 30.9 Å². The van der Waals surface area contributed by atoms with E-state index >= 15 is 0 Å². The van der Waals surface area contributed by atoms with Crippen molar-refractivity contribution in [2.24, 2.45) is 5.92 Å². The van der Waals surface area contributed by atoms with Crippen LogP contribution in [0, 0.1) is 11.7 Å². The molecule has 1 fully saturated rings. The predicted octanol–water partition coefficient (Wildman–Crippen LogP) is 2.37. The molecule has 1 N–H and O–H groups in total. The summed E-state index contributed by atoms with van der Waals surface area (Å²) in [7, 11) is 0. The lowest BCUT2D eigenvalue weighted by Crippen LogP contribution is -2.39. The fourth-order valence-electron chi connectivity index (χ4n) is 3.35. The van der Waals surface area contributed by atoms with Crippen LogP contribution in [0.2, 0.25) is 0 Å². The number of nitrogens with one attached hydrogen (secondary N) is 1. The monoisotopic (exact) mass is 382 g/mol. The number of rotatable bonds is 4. The molecule has 1 aromatic carbocycles. The molecule has 0 radical (unpaired) electrons. The molecule has 1 amide bonds. The van der Waals surface area contributed by atoms with Gasteiger partial charge in [-0.15, -0.1) is 0 Å². The molecule has 0 atom stereocenters. The van der Waals surface area contributed by atoms with Gasteiger partial charge in [-0.1, -0.05) is 12.1 Å². The minimum atomic E-state index is -0.457. The van der Waals surface area contributed by atoms with Gasteiger partial charge in [0.2, 0.25) is 5.95 Å². The van der Waals surface area contributed by atoms with Gasteiger partial charge in [0.05, 0.1) is 17.8 Å². The molecule has 0 unspecified atom stereocenters. The van der Waals surface area contributed by atoms with E-state index in [0.717, 1.165) is 38.3 Å². The van der Waals surface area contributed by atoms with Gasteiger partial charge in [-0.3, -0.25) is 9.59 Å². The Hall–Kier alpha value is -3.29. The van der Waals surface area contributed by atoms with Crippen molar-refractivity contribution in [3.63, 3.8) is 0 Å². The number of hydrogen-bond donors (Lipinski definition) is 1. The molecule has 8 heteroatoms. The summed E-state index contributed by atoms with van der Waals surface area (Å²) in [6.07, 6.45) is 4.02. The maximum atomic E-state index is 12.9. The van der Waals surface area contributed by atoms with Crippen LogP contribution in [0.25, 0.3) is 11.0 Å². The molecule has 0 spiro atoms. The maximum Gasteiger partial charge on any atom is 0.287 e. The average Bonchev–Trinajstić information content (AvgIpc) is 2.73. The first-order valence-corrected chi connectivity index (χ1v) is 9.14. The van der Waals surface area contributed by atoms with E-state index < -0.39 is 11.7 Å². The van der Waals surface area contributed by atoms with Crippen molar-refractivity contribution in [2.45, 2.75) is 12.8 Å². The third-order valence-electron chi connectivity index (χ3n) is 4.91. The van der Waals surface area contributed by atoms with Crippen molar-refractivity contribution in [1.29, 1.82) is 0 Å². The second kappa shape index (κ2) is 7.75. The van der Waals surface area contributed by atoms with Crippen molar-refractivity contribution in [3.05, 3.63) is 64.5 Å². The van der Waals surface area contributed by atoms with Gasteiger partial charge in [-0.2, -0.15) is 0 Å². The molecule has 7 nitrogen and oxygen atoms in total. The van der Waals surface area contributed by atoms with E-state index in [1.807, 2.05) is 4.90 Å². The number of nitrogens with zero attached hydrogens (tertiary/aromatic N) is 3. The van der Waals surface area contributed by atoms with Crippen LogP contribution in [0.3, 0.4) is 0 Å². The molecule has 1 aliphatic heterocycles. The second-order valence-corrected chi connectivity index (χ2v) is 6.81.